The first-order valence-electron chi connectivity index (χ1n) is 6.24. The van der Waals surface area contributed by atoms with Crippen LogP contribution in [-0.4, -0.2) is 18.0 Å². The van der Waals surface area contributed by atoms with Gasteiger partial charge in [-0.1, -0.05) is 43.5 Å². The molecule has 1 saturated carbocycles. The van der Waals surface area contributed by atoms with Gasteiger partial charge in [-0.3, -0.25) is 0 Å². The van der Waals surface area contributed by atoms with Crippen LogP contribution in [0.4, 0.5) is 13.2 Å². The highest BCUT2D eigenvalue weighted by atomic mass is 79.9. The van der Waals surface area contributed by atoms with Crippen molar-refractivity contribution in [3.05, 3.63) is 40.3 Å². The van der Waals surface area contributed by atoms with E-state index in [0.717, 1.165) is 12.5 Å². The molecule has 2 aromatic rings. The van der Waals surface area contributed by atoms with Crippen LogP contribution < -0.4 is 0 Å². The van der Waals surface area contributed by atoms with Gasteiger partial charge in [-0.15, -0.1) is 0 Å². The molecular formula is C13H6Br2ClF3N4. The molecule has 23 heavy (non-hydrogen) atoms. The topological polar surface area (TPSA) is 54.5 Å². The highest BCUT2D eigenvalue weighted by Gasteiger charge is 2.52. The summed E-state index contributed by atoms with van der Waals surface area (Å²) >= 11 is 12.8. The molecule has 1 unspecified atom stereocenters. The summed E-state index contributed by atoms with van der Waals surface area (Å²) in [4.78, 5) is 3.74. The second-order valence-corrected chi connectivity index (χ2v) is 9.34. The van der Waals surface area contributed by atoms with Gasteiger partial charge in [-0.05, 0) is 12.5 Å². The molecule has 0 bridgehead atoms. The van der Waals surface area contributed by atoms with E-state index < -0.39 is 11.7 Å². The standard InChI is InChI=1S/C13H6Br2ClF3N4/c14-12(15)2-8(12)7-5-23(22-10(7)3-20)11-9(16)1-6(4-21-11)13(17,18)19/h1,4-5,8H,2H2. The number of nitrogens with zero attached hydrogens (tertiary/aromatic N) is 4. The maximum absolute atomic E-state index is 12.6. The summed E-state index contributed by atoms with van der Waals surface area (Å²) in [7, 11) is 0. The van der Waals surface area contributed by atoms with Crippen LogP contribution in [0.2, 0.25) is 5.02 Å². The predicted octanol–water partition coefficient (Wildman–Crippen LogP) is 4.78. The number of halogens is 6. The Morgan fingerprint density at radius 1 is 1.43 bits per heavy atom. The number of rotatable bonds is 2. The molecule has 1 atom stereocenters. The van der Waals surface area contributed by atoms with Crippen molar-refractivity contribution >= 4 is 43.5 Å². The van der Waals surface area contributed by atoms with Crippen LogP contribution in [0.15, 0.2) is 18.5 Å². The van der Waals surface area contributed by atoms with E-state index in [2.05, 4.69) is 41.9 Å². The van der Waals surface area contributed by atoms with Crippen molar-refractivity contribution in [2.45, 2.75) is 21.7 Å². The summed E-state index contributed by atoms with van der Waals surface area (Å²) in [6.45, 7) is 0. The van der Waals surface area contributed by atoms with Crippen molar-refractivity contribution in [2.24, 2.45) is 0 Å². The maximum Gasteiger partial charge on any atom is 0.417 e. The van der Waals surface area contributed by atoms with Gasteiger partial charge < -0.3 is 0 Å². The lowest BCUT2D eigenvalue weighted by Crippen LogP contribution is -2.08. The minimum absolute atomic E-state index is 0.0396. The molecule has 10 heteroatoms. The van der Waals surface area contributed by atoms with Gasteiger partial charge in [0.1, 0.15) is 6.07 Å². The molecular weight excluding hydrogens is 464 g/mol. The molecule has 3 rings (SSSR count). The molecule has 0 aliphatic heterocycles. The largest absolute Gasteiger partial charge is 0.417 e. The van der Waals surface area contributed by atoms with Crippen molar-refractivity contribution in [3.8, 4) is 11.9 Å². The first-order valence-corrected chi connectivity index (χ1v) is 8.20. The molecule has 0 radical (unpaired) electrons. The third kappa shape index (κ3) is 3.12. The molecule has 2 aromatic heterocycles. The first-order chi connectivity index (χ1) is 10.6. The van der Waals surface area contributed by atoms with Crippen molar-refractivity contribution < 1.29 is 13.2 Å². The molecule has 0 spiro atoms. The van der Waals surface area contributed by atoms with E-state index in [0.29, 0.717) is 11.8 Å². The number of aromatic nitrogens is 3. The minimum atomic E-state index is -4.53. The van der Waals surface area contributed by atoms with Crippen molar-refractivity contribution in [1.82, 2.24) is 14.8 Å². The molecule has 1 fully saturated rings. The number of hydrogen-bond acceptors (Lipinski definition) is 3. The van der Waals surface area contributed by atoms with E-state index in [1.807, 2.05) is 6.07 Å². The Balaban J connectivity index is 2.02. The smallest absolute Gasteiger partial charge is 0.235 e. The third-order valence-corrected chi connectivity index (χ3v) is 5.45. The molecule has 1 aliphatic carbocycles. The van der Waals surface area contributed by atoms with E-state index >= 15 is 0 Å². The van der Waals surface area contributed by atoms with Gasteiger partial charge in [0.15, 0.2) is 11.5 Å². The van der Waals surface area contributed by atoms with Crippen LogP contribution in [0.3, 0.4) is 0 Å². The fourth-order valence-electron chi connectivity index (χ4n) is 2.14. The van der Waals surface area contributed by atoms with Gasteiger partial charge in [-0.2, -0.15) is 23.5 Å². The summed E-state index contributed by atoms with van der Waals surface area (Å²) in [6.07, 6.45) is -1.51. The van der Waals surface area contributed by atoms with Crippen LogP contribution >= 0.6 is 43.5 Å². The second kappa shape index (κ2) is 5.46. The van der Waals surface area contributed by atoms with E-state index in [1.165, 1.54) is 4.68 Å². The minimum Gasteiger partial charge on any atom is -0.235 e. The lowest BCUT2D eigenvalue weighted by Gasteiger charge is -2.08. The SMILES string of the molecule is N#Cc1nn(-c2ncc(C(F)(F)F)cc2Cl)cc1C1CC1(Br)Br. The molecule has 120 valence electrons. The average molecular weight is 470 g/mol. The lowest BCUT2D eigenvalue weighted by molar-refractivity contribution is -0.137. The Hall–Kier alpha value is -1.11. The predicted molar refractivity (Wildman–Crippen MR) is 84.0 cm³/mol. The summed E-state index contributed by atoms with van der Waals surface area (Å²) in [5, 5.41) is 13.1. The summed E-state index contributed by atoms with van der Waals surface area (Å²) in [6, 6.07) is 2.76. The summed E-state index contributed by atoms with van der Waals surface area (Å²) < 4.78 is 38.9. The highest BCUT2D eigenvalue weighted by Crippen LogP contribution is 2.62. The van der Waals surface area contributed by atoms with E-state index in [9.17, 15) is 18.4 Å². The third-order valence-electron chi connectivity index (χ3n) is 3.42. The van der Waals surface area contributed by atoms with Crippen LogP contribution in [0.5, 0.6) is 0 Å². The van der Waals surface area contributed by atoms with Gasteiger partial charge in [0.25, 0.3) is 0 Å². The van der Waals surface area contributed by atoms with Crippen LogP contribution in [0.1, 0.15) is 29.2 Å². The zero-order valence-electron chi connectivity index (χ0n) is 11.1. The van der Waals surface area contributed by atoms with E-state index in [1.54, 1.807) is 6.20 Å². The van der Waals surface area contributed by atoms with Crippen molar-refractivity contribution in [3.63, 3.8) is 0 Å². The molecule has 4 nitrogen and oxygen atoms in total. The number of alkyl halides is 5. The van der Waals surface area contributed by atoms with Gasteiger partial charge >= 0.3 is 6.18 Å². The van der Waals surface area contributed by atoms with Gasteiger partial charge in [-0.25, -0.2) is 9.67 Å². The Labute approximate surface area is 150 Å². The van der Waals surface area contributed by atoms with Crippen molar-refractivity contribution in [1.29, 1.82) is 5.26 Å². The summed E-state index contributed by atoms with van der Waals surface area (Å²) in [5.41, 5.74) is -0.0752. The number of pyridine rings is 1. The second-order valence-electron chi connectivity index (χ2n) is 5.03. The molecule has 0 N–H and O–H groups in total. The number of hydrogen-bond donors (Lipinski definition) is 0. The van der Waals surface area contributed by atoms with Crippen LogP contribution in [-0.2, 0) is 6.18 Å². The monoisotopic (exact) mass is 468 g/mol. The summed E-state index contributed by atoms with van der Waals surface area (Å²) in [5.74, 6) is 0.0805. The Morgan fingerprint density at radius 2 is 2.09 bits per heavy atom. The zero-order chi connectivity index (χ0) is 17.0. The van der Waals surface area contributed by atoms with Gasteiger partial charge in [0.2, 0.25) is 0 Å². The lowest BCUT2D eigenvalue weighted by atomic mass is 10.2. The molecule has 2 heterocycles. The first kappa shape index (κ1) is 16.7. The fourth-order valence-corrected chi connectivity index (χ4v) is 3.54. The normalized spacial score (nSPS) is 19.4. The zero-order valence-corrected chi connectivity index (χ0v) is 15.0. The van der Waals surface area contributed by atoms with Crippen LogP contribution in [0, 0.1) is 11.3 Å². The fraction of sp³-hybridized carbons (Fsp3) is 0.308. The molecule has 0 amide bonds. The van der Waals surface area contributed by atoms with E-state index in [4.69, 9.17) is 11.6 Å². The van der Waals surface area contributed by atoms with Crippen molar-refractivity contribution in [2.75, 3.05) is 0 Å². The van der Waals surface area contributed by atoms with Gasteiger partial charge in [0, 0.05) is 23.9 Å². The quantitative estimate of drug-likeness (QED) is 0.594. The Bertz CT molecular complexity index is 826. The molecule has 1 aliphatic rings. The van der Waals surface area contributed by atoms with Crippen LogP contribution in [0.25, 0.3) is 5.82 Å². The number of nitriles is 1. The van der Waals surface area contributed by atoms with Gasteiger partial charge in [0.05, 0.1) is 13.8 Å². The average Bonchev–Trinajstić information content (AvgIpc) is 2.91. The van der Waals surface area contributed by atoms with E-state index in [-0.39, 0.29) is 25.7 Å². The maximum atomic E-state index is 12.6. The molecule has 0 saturated heterocycles. The Kier molecular flexibility index (Phi) is 3.98. The Morgan fingerprint density at radius 3 is 2.57 bits per heavy atom. The highest BCUT2D eigenvalue weighted by molar-refractivity contribution is 9.25. The molecule has 0 aromatic carbocycles.